The van der Waals surface area contributed by atoms with Crippen molar-refractivity contribution in [2.45, 2.75) is 34.2 Å². The van der Waals surface area contributed by atoms with Crippen LogP contribution in [0.5, 0.6) is 11.5 Å². The van der Waals surface area contributed by atoms with Gasteiger partial charge >= 0.3 is 0 Å². The SMILES string of the molecule is CCOc1cc(CNCCN(CC)CC)cc(Br)c1OCC.Cl.Cl. The molecule has 0 aliphatic heterocycles. The van der Waals surface area contributed by atoms with Crippen molar-refractivity contribution in [3.05, 3.63) is 22.2 Å². The molecule has 0 atom stereocenters. The van der Waals surface area contributed by atoms with Gasteiger partial charge in [0.15, 0.2) is 11.5 Å². The van der Waals surface area contributed by atoms with Crippen molar-refractivity contribution >= 4 is 40.7 Å². The second kappa shape index (κ2) is 15.1. The molecule has 0 radical (unpaired) electrons. The molecule has 1 N–H and O–H groups in total. The lowest BCUT2D eigenvalue weighted by Gasteiger charge is -2.18. The summed E-state index contributed by atoms with van der Waals surface area (Å²) < 4.78 is 12.3. The van der Waals surface area contributed by atoms with E-state index < -0.39 is 0 Å². The fourth-order valence-electron chi connectivity index (χ4n) is 2.28. The molecule has 0 bridgehead atoms. The second-order valence-electron chi connectivity index (χ2n) is 4.97. The van der Waals surface area contributed by atoms with Crippen molar-refractivity contribution in [2.75, 3.05) is 39.4 Å². The van der Waals surface area contributed by atoms with Gasteiger partial charge in [-0.05, 0) is 60.6 Å². The van der Waals surface area contributed by atoms with Gasteiger partial charge in [0, 0.05) is 19.6 Å². The van der Waals surface area contributed by atoms with Crippen LogP contribution in [0.4, 0.5) is 0 Å². The number of nitrogens with one attached hydrogen (secondary N) is 1. The molecule has 1 rings (SSSR count). The Balaban J connectivity index is 0. The average molecular weight is 446 g/mol. The normalized spacial score (nSPS) is 10.1. The topological polar surface area (TPSA) is 33.7 Å². The second-order valence-corrected chi connectivity index (χ2v) is 5.83. The predicted octanol–water partition coefficient (Wildman–Crippen LogP) is 4.52. The highest BCUT2D eigenvalue weighted by Crippen LogP contribution is 2.36. The van der Waals surface area contributed by atoms with Crippen LogP contribution in [0.2, 0.25) is 0 Å². The monoisotopic (exact) mass is 444 g/mol. The Morgan fingerprint density at radius 2 is 1.62 bits per heavy atom. The fourth-order valence-corrected chi connectivity index (χ4v) is 2.88. The van der Waals surface area contributed by atoms with Crippen molar-refractivity contribution in [3.63, 3.8) is 0 Å². The van der Waals surface area contributed by atoms with Gasteiger partial charge in [-0.3, -0.25) is 0 Å². The first-order valence-corrected chi connectivity index (χ1v) is 8.96. The molecule has 0 saturated heterocycles. The van der Waals surface area contributed by atoms with Crippen LogP contribution in [0.1, 0.15) is 33.3 Å². The first kappa shape index (κ1) is 26.0. The highest BCUT2D eigenvalue weighted by molar-refractivity contribution is 9.10. The van der Waals surface area contributed by atoms with E-state index in [0.717, 1.165) is 48.7 Å². The fraction of sp³-hybridized carbons (Fsp3) is 0.647. The molecular weight excluding hydrogens is 415 g/mol. The van der Waals surface area contributed by atoms with Crippen LogP contribution >= 0.6 is 40.7 Å². The van der Waals surface area contributed by atoms with Gasteiger partial charge in [0.2, 0.25) is 0 Å². The van der Waals surface area contributed by atoms with Crippen molar-refractivity contribution in [1.29, 1.82) is 0 Å². The summed E-state index contributed by atoms with van der Waals surface area (Å²) in [5, 5.41) is 3.49. The number of likely N-dealkylation sites (N-methyl/N-ethyl adjacent to an activating group) is 1. The zero-order chi connectivity index (χ0) is 16.4. The standard InChI is InChI=1S/C17H29BrN2O2.2ClH/c1-5-20(6-2)10-9-19-13-14-11-15(18)17(22-8-4)16(12-14)21-7-3;;/h11-12,19H,5-10,13H2,1-4H3;2*1H. The van der Waals surface area contributed by atoms with E-state index in [0.29, 0.717) is 13.2 Å². The van der Waals surface area contributed by atoms with Crippen molar-refractivity contribution < 1.29 is 9.47 Å². The first-order valence-electron chi connectivity index (χ1n) is 8.17. The van der Waals surface area contributed by atoms with Gasteiger partial charge in [-0.1, -0.05) is 13.8 Å². The highest BCUT2D eigenvalue weighted by Gasteiger charge is 2.11. The summed E-state index contributed by atoms with van der Waals surface area (Å²) in [4.78, 5) is 2.41. The minimum atomic E-state index is 0. The molecule has 24 heavy (non-hydrogen) atoms. The van der Waals surface area contributed by atoms with Gasteiger partial charge in [0.25, 0.3) is 0 Å². The van der Waals surface area contributed by atoms with Gasteiger partial charge in [0.1, 0.15) is 0 Å². The average Bonchev–Trinajstić information content (AvgIpc) is 2.51. The third-order valence-corrected chi connectivity index (χ3v) is 4.08. The molecule has 0 aromatic heterocycles. The van der Waals surface area contributed by atoms with Crippen LogP contribution in [0.25, 0.3) is 0 Å². The number of hydrogen-bond donors (Lipinski definition) is 1. The summed E-state index contributed by atoms with van der Waals surface area (Å²) in [7, 11) is 0. The molecule has 142 valence electrons. The third-order valence-electron chi connectivity index (χ3n) is 3.49. The lowest BCUT2D eigenvalue weighted by atomic mass is 10.2. The number of nitrogens with zero attached hydrogens (tertiary/aromatic N) is 1. The van der Waals surface area contributed by atoms with Gasteiger partial charge in [-0.25, -0.2) is 0 Å². The summed E-state index contributed by atoms with van der Waals surface area (Å²) in [6.45, 7) is 14.7. The van der Waals surface area contributed by atoms with Gasteiger partial charge < -0.3 is 19.7 Å². The Morgan fingerprint density at radius 3 is 2.17 bits per heavy atom. The Hall–Kier alpha value is -0.200. The Labute approximate surface area is 167 Å². The van der Waals surface area contributed by atoms with Crippen molar-refractivity contribution in [2.24, 2.45) is 0 Å². The zero-order valence-electron chi connectivity index (χ0n) is 15.1. The Kier molecular flexibility index (Phi) is 16.4. The van der Waals surface area contributed by atoms with E-state index in [4.69, 9.17) is 9.47 Å². The molecule has 0 saturated carbocycles. The number of halogens is 3. The minimum absolute atomic E-state index is 0. The number of rotatable bonds is 11. The quantitative estimate of drug-likeness (QED) is 0.507. The Morgan fingerprint density at radius 1 is 1.00 bits per heavy atom. The predicted molar refractivity (Wildman–Crippen MR) is 110 cm³/mol. The number of hydrogen-bond acceptors (Lipinski definition) is 4. The van der Waals surface area contributed by atoms with Crippen LogP contribution in [0.15, 0.2) is 16.6 Å². The maximum Gasteiger partial charge on any atom is 0.175 e. The molecule has 1 aromatic carbocycles. The molecule has 0 aliphatic rings. The van der Waals surface area contributed by atoms with Crippen LogP contribution < -0.4 is 14.8 Å². The molecule has 4 nitrogen and oxygen atoms in total. The summed E-state index contributed by atoms with van der Waals surface area (Å²) in [6.07, 6.45) is 0. The van der Waals surface area contributed by atoms with E-state index in [9.17, 15) is 0 Å². The van der Waals surface area contributed by atoms with E-state index >= 15 is 0 Å². The van der Waals surface area contributed by atoms with Crippen molar-refractivity contribution in [1.82, 2.24) is 10.2 Å². The van der Waals surface area contributed by atoms with E-state index in [1.165, 1.54) is 5.56 Å². The summed E-state index contributed by atoms with van der Waals surface area (Å²) in [5.74, 6) is 1.59. The number of benzene rings is 1. The zero-order valence-corrected chi connectivity index (χ0v) is 18.3. The molecule has 0 fully saturated rings. The van der Waals surface area contributed by atoms with E-state index in [2.05, 4.69) is 52.1 Å². The lowest BCUT2D eigenvalue weighted by molar-refractivity contribution is 0.285. The third kappa shape index (κ3) is 8.77. The summed E-state index contributed by atoms with van der Waals surface area (Å²) >= 11 is 3.58. The van der Waals surface area contributed by atoms with Gasteiger partial charge in [-0.2, -0.15) is 0 Å². The highest BCUT2D eigenvalue weighted by atomic mass is 79.9. The van der Waals surface area contributed by atoms with E-state index in [1.54, 1.807) is 0 Å². The van der Waals surface area contributed by atoms with Gasteiger partial charge in [0.05, 0.1) is 17.7 Å². The van der Waals surface area contributed by atoms with Crippen LogP contribution in [-0.2, 0) is 6.54 Å². The van der Waals surface area contributed by atoms with Gasteiger partial charge in [-0.15, -0.1) is 24.8 Å². The molecule has 0 heterocycles. The van der Waals surface area contributed by atoms with E-state index in [-0.39, 0.29) is 24.8 Å². The van der Waals surface area contributed by atoms with Crippen LogP contribution in [-0.4, -0.2) is 44.3 Å². The smallest absolute Gasteiger partial charge is 0.175 e. The summed E-state index contributed by atoms with van der Waals surface area (Å²) in [6, 6.07) is 4.15. The summed E-state index contributed by atoms with van der Waals surface area (Å²) in [5.41, 5.74) is 1.19. The van der Waals surface area contributed by atoms with Crippen molar-refractivity contribution in [3.8, 4) is 11.5 Å². The largest absolute Gasteiger partial charge is 0.490 e. The molecule has 0 spiro atoms. The van der Waals surface area contributed by atoms with Crippen LogP contribution in [0.3, 0.4) is 0 Å². The molecule has 1 aromatic rings. The molecular formula is C17H31BrCl2N2O2. The molecule has 7 heteroatoms. The molecule has 0 amide bonds. The minimum Gasteiger partial charge on any atom is -0.490 e. The molecule has 0 aliphatic carbocycles. The molecule has 0 unspecified atom stereocenters. The number of ether oxygens (including phenoxy) is 2. The maximum absolute atomic E-state index is 5.70. The Bertz CT molecular complexity index is 447. The van der Waals surface area contributed by atoms with Crippen LogP contribution in [0, 0.1) is 0 Å². The van der Waals surface area contributed by atoms with E-state index in [1.807, 2.05) is 13.8 Å². The lowest BCUT2D eigenvalue weighted by Crippen LogP contribution is -2.31. The first-order chi connectivity index (χ1) is 10.7. The maximum atomic E-state index is 5.70.